The summed E-state index contributed by atoms with van der Waals surface area (Å²) in [6, 6.07) is 12.9. The molecule has 0 radical (unpaired) electrons. The van der Waals surface area contributed by atoms with E-state index in [0.717, 1.165) is 6.42 Å². The first kappa shape index (κ1) is 15.0. The number of pyridine rings is 1. The van der Waals surface area contributed by atoms with Gasteiger partial charge in [0.25, 0.3) is 5.91 Å². The Balaban J connectivity index is 2.05. The number of carbonyl (C=O) groups excluding carboxylic acids is 1. The maximum Gasteiger partial charge on any atom is 0.255 e. The van der Waals surface area contributed by atoms with Gasteiger partial charge in [0.1, 0.15) is 0 Å². The standard InChI is InChI=1S/C16H19N3O2/c17-9-11-19(10-8-13-4-2-1-3-5-13)16(21)14-6-7-15(20)18-12-14/h1-7,12H,8-11,17H2,(H,18,20). The molecule has 0 saturated heterocycles. The molecule has 1 heterocycles. The molecule has 0 aliphatic rings. The van der Waals surface area contributed by atoms with Crippen molar-refractivity contribution in [2.24, 2.45) is 5.73 Å². The van der Waals surface area contributed by atoms with Crippen LogP contribution in [0.1, 0.15) is 15.9 Å². The highest BCUT2D eigenvalue weighted by atomic mass is 16.2. The summed E-state index contributed by atoms with van der Waals surface area (Å²) in [4.78, 5) is 27.7. The number of H-pyrrole nitrogens is 1. The van der Waals surface area contributed by atoms with E-state index in [1.807, 2.05) is 30.3 Å². The predicted molar refractivity (Wildman–Crippen MR) is 82.2 cm³/mol. The number of nitrogens with zero attached hydrogens (tertiary/aromatic N) is 1. The molecular weight excluding hydrogens is 266 g/mol. The molecule has 0 unspecified atom stereocenters. The molecule has 5 nitrogen and oxygen atoms in total. The summed E-state index contributed by atoms with van der Waals surface area (Å²) >= 11 is 0. The van der Waals surface area contributed by atoms with Crippen molar-refractivity contribution in [1.29, 1.82) is 0 Å². The van der Waals surface area contributed by atoms with E-state index in [1.54, 1.807) is 4.90 Å². The molecule has 0 aliphatic heterocycles. The van der Waals surface area contributed by atoms with Gasteiger partial charge in [-0.1, -0.05) is 30.3 Å². The summed E-state index contributed by atoms with van der Waals surface area (Å²) < 4.78 is 0. The van der Waals surface area contributed by atoms with Gasteiger partial charge in [0, 0.05) is 31.9 Å². The Morgan fingerprint density at radius 2 is 1.86 bits per heavy atom. The topological polar surface area (TPSA) is 79.2 Å². The Morgan fingerprint density at radius 1 is 1.10 bits per heavy atom. The Bertz CT molecular complexity index is 617. The number of rotatable bonds is 6. The Labute approximate surface area is 123 Å². The number of hydrogen-bond donors (Lipinski definition) is 2. The normalized spacial score (nSPS) is 10.3. The Morgan fingerprint density at radius 3 is 2.48 bits per heavy atom. The van der Waals surface area contributed by atoms with Gasteiger partial charge in [-0.25, -0.2) is 0 Å². The highest BCUT2D eigenvalue weighted by Gasteiger charge is 2.15. The Hall–Kier alpha value is -2.40. The van der Waals surface area contributed by atoms with Gasteiger partial charge in [-0.3, -0.25) is 9.59 Å². The van der Waals surface area contributed by atoms with Gasteiger partial charge in [0.05, 0.1) is 5.56 Å². The SMILES string of the molecule is NCCN(CCc1ccccc1)C(=O)c1ccc(=O)[nH]c1. The second kappa shape index (κ2) is 7.40. The zero-order valence-electron chi connectivity index (χ0n) is 11.8. The minimum Gasteiger partial charge on any atom is -0.337 e. The third-order valence-electron chi connectivity index (χ3n) is 3.23. The highest BCUT2D eigenvalue weighted by Crippen LogP contribution is 2.05. The lowest BCUT2D eigenvalue weighted by Gasteiger charge is -2.22. The lowest BCUT2D eigenvalue weighted by Crippen LogP contribution is -2.37. The van der Waals surface area contributed by atoms with Crippen LogP contribution in [-0.4, -0.2) is 35.4 Å². The first-order valence-corrected chi connectivity index (χ1v) is 6.92. The van der Waals surface area contributed by atoms with E-state index in [9.17, 15) is 9.59 Å². The number of carbonyl (C=O) groups is 1. The van der Waals surface area contributed by atoms with E-state index in [0.29, 0.717) is 25.2 Å². The summed E-state index contributed by atoms with van der Waals surface area (Å²) in [5, 5.41) is 0. The number of nitrogens with one attached hydrogen (secondary N) is 1. The first-order valence-electron chi connectivity index (χ1n) is 6.92. The molecule has 110 valence electrons. The average molecular weight is 285 g/mol. The van der Waals surface area contributed by atoms with Gasteiger partial charge in [-0.05, 0) is 18.1 Å². The van der Waals surface area contributed by atoms with Crippen molar-refractivity contribution in [3.05, 3.63) is 70.1 Å². The molecule has 1 aromatic heterocycles. The molecule has 0 spiro atoms. The van der Waals surface area contributed by atoms with Crippen molar-refractivity contribution in [3.8, 4) is 0 Å². The van der Waals surface area contributed by atoms with E-state index >= 15 is 0 Å². The van der Waals surface area contributed by atoms with Gasteiger partial charge in [-0.2, -0.15) is 0 Å². The van der Waals surface area contributed by atoms with Crippen molar-refractivity contribution in [3.63, 3.8) is 0 Å². The molecular formula is C16H19N3O2. The predicted octanol–water partition coefficient (Wildman–Crippen LogP) is 1.02. The van der Waals surface area contributed by atoms with Crippen LogP contribution in [0.15, 0.2) is 53.5 Å². The quantitative estimate of drug-likeness (QED) is 0.831. The van der Waals surface area contributed by atoms with Gasteiger partial charge in [0.15, 0.2) is 0 Å². The molecule has 3 N–H and O–H groups in total. The van der Waals surface area contributed by atoms with Crippen molar-refractivity contribution in [1.82, 2.24) is 9.88 Å². The van der Waals surface area contributed by atoms with Crippen LogP contribution in [0.3, 0.4) is 0 Å². The van der Waals surface area contributed by atoms with E-state index in [2.05, 4.69) is 4.98 Å². The molecule has 0 atom stereocenters. The van der Waals surface area contributed by atoms with Crippen LogP contribution < -0.4 is 11.3 Å². The Kier molecular flexibility index (Phi) is 5.29. The second-order valence-electron chi connectivity index (χ2n) is 4.76. The molecule has 2 aromatic rings. The maximum absolute atomic E-state index is 12.4. The minimum absolute atomic E-state index is 0.118. The van der Waals surface area contributed by atoms with Crippen LogP contribution in [0, 0.1) is 0 Å². The molecule has 5 heteroatoms. The lowest BCUT2D eigenvalue weighted by molar-refractivity contribution is 0.0761. The molecule has 0 saturated carbocycles. The van der Waals surface area contributed by atoms with Crippen LogP contribution in [0.25, 0.3) is 0 Å². The summed E-state index contributed by atoms with van der Waals surface area (Å²) in [6.45, 7) is 1.49. The summed E-state index contributed by atoms with van der Waals surface area (Å²) in [7, 11) is 0. The van der Waals surface area contributed by atoms with Gasteiger partial charge < -0.3 is 15.6 Å². The zero-order chi connectivity index (χ0) is 15.1. The van der Waals surface area contributed by atoms with Crippen molar-refractivity contribution in [2.75, 3.05) is 19.6 Å². The van der Waals surface area contributed by atoms with Crippen molar-refractivity contribution < 1.29 is 4.79 Å². The largest absolute Gasteiger partial charge is 0.337 e. The second-order valence-corrected chi connectivity index (χ2v) is 4.76. The number of hydrogen-bond acceptors (Lipinski definition) is 3. The fourth-order valence-corrected chi connectivity index (χ4v) is 2.11. The van der Waals surface area contributed by atoms with Gasteiger partial charge >= 0.3 is 0 Å². The summed E-state index contributed by atoms with van der Waals surface area (Å²) in [5.74, 6) is -0.118. The first-order chi connectivity index (χ1) is 10.2. The van der Waals surface area contributed by atoms with Crippen LogP contribution >= 0.6 is 0 Å². The van der Waals surface area contributed by atoms with E-state index in [1.165, 1.54) is 23.9 Å². The summed E-state index contributed by atoms with van der Waals surface area (Å²) in [6.07, 6.45) is 2.21. The van der Waals surface area contributed by atoms with Crippen molar-refractivity contribution >= 4 is 5.91 Å². The lowest BCUT2D eigenvalue weighted by atomic mass is 10.1. The molecule has 21 heavy (non-hydrogen) atoms. The molecule has 2 rings (SSSR count). The third-order valence-corrected chi connectivity index (χ3v) is 3.23. The van der Waals surface area contributed by atoms with Crippen LogP contribution in [0.5, 0.6) is 0 Å². The smallest absolute Gasteiger partial charge is 0.255 e. The van der Waals surface area contributed by atoms with Crippen LogP contribution in [0.4, 0.5) is 0 Å². The number of amides is 1. The third kappa shape index (κ3) is 4.29. The molecule has 0 bridgehead atoms. The maximum atomic E-state index is 12.4. The van der Waals surface area contributed by atoms with E-state index in [4.69, 9.17) is 5.73 Å². The number of aromatic nitrogens is 1. The molecule has 0 fully saturated rings. The fraction of sp³-hybridized carbons (Fsp3) is 0.250. The number of benzene rings is 1. The van der Waals surface area contributed by atoms with Crippen LogP contribution in [-0.2, 0) is 6.42 Å². The molecule has 1 aromatic carbocycles. The number of nitrogens with two attached hydrogens (primary N) is 1. The van der Waals surface area contributed by atoms with Gasteiger partial charge in [-0.15, -0.1) is 0 Å². The van der Waals surface area contributed by atoms with Gasteiger partial charge in [0.2, 0.25) is 5.56 Å². The average Bonchev–Trinajstić information content (AvgIpc) is 2.52. The zero-order valence-corrected chi connectivity index (χ0v) is 11.8. The highest BCUT2D eigenvalue weighted by molar-refractivity contribution is 5.93. The molecule has 0 aliphatic carbocycles. The van der Waals surface area contributed by atoms with E-state index in [-0.39, 0.29) is 11.5 Å². The monoisotopic (exact) mass is 285 g/mol. The van der Waals surface area contributed by atoms with Crippen molar-refractivity contribution in [2.45, 2.75) is 6.42 Å². The number of aromatic amines is 1. The summed E-state index contributed by atoms with van der Waals surface area (Å²) in [5.41, 5.74) is 7.01. The van der Waals surface area contributed by atoms with Crippen LogP contribution in [0.2, 0.25) is 0 Å². The fourth-order valence-electron chi connectivity index (χ4n) is 2.11. The van der Waals surface area contributed by atoms with E-state index < -0.39 is 0 Å². The molecule has 1 amide bonds. The minimum atomic E-state index is -0.221.